The van der Waals surface area contributed by atoms with Crippen LogP contribution in [0.1, 0.15) is 25.7 Å². The van der Waals surface area contributed by atoms with Crippen LogP contribution in [-0.2, 0) is 0 Å². The van der Waals surface area contributed by atoms with Crippen molar-refractivity contribution in [3.63, 3.8) is 0 Å². The van der Waals surface area contributed by atoms with Crippen LogP contribution >= 0.6 is 0 Å². The highest BCUT2D eigenvalue weighted by Gasteiger charge is 2.27. The van der Waals surface area contributed by atoms with Gasteiger partial charge in [0.25, 0.3) is 6.43 Å². The molecule has 1 unspecified atom stereocenters. The van der Waals surface area contributed by atoms with Crippen LogP contribution in [0.5, 0.6) is 0 Å². The van der Waals surface area contributed by atoms with E-state index in [2.05, 4.69) is 4.90 Å². The minimum atomic E-state index is -2.18. The maximum atomic E-state index is 12.3. The number of alkyl halides is 2. The van der Waals surface area contributed by atoms with Gasteiger partial charge in [-0.15, -0.1) is 0 Å². The number of halogens is 2. The van der Waals surface area contributed by atoms with E-state index in [0.29, 0.717) is 6.04 Å². The lowest BCUT2D eigenvalue weighted by Crippen LogP contribution is -2.44. The van der Waals surface area contributed by atoms with Crippen LogP contribution < -0.4 is 0 Å². The topological polar surface area (TPSA) is 6.48 Å². The minimum absolute atomic E-state index is 0.0374. The third-order valence-corrected chi connectivity index (χ3v) is 3.53. The first-order chi connectivity index (χ1) is 7.25. The molecule has 0 amide bonds. The Balaban J connectivity index is 1.89. The van der Waals surface area contributed by atoms with Gasteiger partial charge in [0.15, 0.2) is 0 Å². The van der Waals surface area contributed by atoms with Gasteiger partial charge in [-0.25, -0.2) is 8.78 Å². The molecule has 2 rings (SSSR count). The third kappa shape index (κ3) is 3.11. The third-order valence-electron chi connectivity index (χ3n) is 3.53. The van der Waals surface area contributed by atoms with Gasteiger partial charge in [-0.3, -0.25) is 9.80 Å². The molecule has 2 fully saturated rings. The molecule has 88 valence electrons. The molecule has 2 heterocycles. The predicted octanol–water partition coefficient (Wildman–Crippen LogP) is 1.81. The quantitative estimate of drug-likeness (QED) is 0.697. The number of nitrogens with zero attached hydrogens (tertiary/aromatic N) is 2. The second-order valence-electron chi connectivity index (χ2n) is 4.69. The fraction of sp³-hybridized carbons (Fsp3) is 1.00. The van der Waals surface area contributed by atoms with Gasteiger partial charge >= 0.3 is 0 Å². The molecule has 4 heteroatoms. The van der Waals surface area contributed by atoms with E-state index in [9.17, 15) is 8.78 Å². The summed E-state index contributed by atoms with van der Waals surface area (Å²) in [5.41, 5.74) is 0. The molecule has 2 saturated heterocycles. The van der Waals surface area contributed by atoms with Crippen molar-refractivity contribution in [3.8, 4) is 0 Å². The first-order valence-electron chi connectivity index (χ1n) is 6.00. The monoisotopic (exact) mass is 218 g/mol. The predicted molar refractivity (Wildman–Crippen MR) is 56.3 cm³/mol. The molecule has 0 bridgehead atoms. The van der Waals surface area contributed by atoms with E-state index in [0.717, 1.165) is 26.1 Å². The van der Waals surface area contributed by atoms with Gasteiger partial charge in [-0.2, -0.15) is 0 Å². The van der Waals surface area contributed by atoms with Crippen molar-refractivity contribution < 1.29 is 8.78 Å². The zero-order chi connectivity index (χ0) is 10.7. The standard InChI is InChI=1S/C11H20F2N2/c12-11(13)9-14-5-3-7-15-6-2-1-4-10(15)8-14/h10-11H,1-9H2. The Morgan fingerprint density at radius 2 is 1.87 bits per heavy atom. The van der Waals surface area contributed by atoms with Gasteiger partial charge in [0.1, 0.15) is 0 Å². The molecule has 2 aliphatic rings. The second-order valence-corrected chi connectivity index (χ2v) is 4.69. The van der Waals surface area contributed by atoms with Crippen LogP contribution in [0.25, 0.3) is 0 Å². The molecule has 0 saturated carbocycles. The van der Waals surface area contributed by atoms with Crippen LogP contribution in [0.4, 0.5) is 8.78 Å². The van der Waals surface area contributed by atoms with Gasteiger partial charge in [-0.1, -0.05) is 6.42 Å². The summed E-state index contributed by atoms with van der Waals surface area (Å²) in [4.78, 5) is 4.44. The molecule has 0 aliphatic carbocycles. The van der Waals surface area contributed by atoms with E-state index in [1.54, 1.807) is 0 Å². The Bertz CT molecular complexity index is 199. The highest BCUT2D eigenvalue weighted by atomic mass is 19.3. The highest BCUT2D eigenvalue weighted by Crippen LogP contribution is 2.21. The van der Waals surface area contributed by atoms with Crippen LogP contribution in [0.3, 0.4) is 0 Å². The van der Waals surface area contributed by atoms with E-state index in [1.807, 2.05) is 4.90 Å². The number of fused-ring (bicyclic) bond motifs is 1. The van der Waals surface area contributed by atoms with Crippen LogP contribution in [-0.4, -0.2) is 55.0 Å². The normalized spacial score (nSPS) is 30.2. The largest absolute Gasteiger partial charge is 0.299 e. The molecule has 0 spiro atoms. The highest BCUT2D eigenvalue weighted by molar-refractivity contribution is 4.83. The van der Waals surface area contributed by atoms with Crippen molar-refractivity contribution >= 4 is 0 Å². The van der Waals surface area contributed by atoms with Crippen LogP contribution in [0.2, 0.25) is 0 Å². The Hall–Kier alpha value is -0.220. The fourth-order valence-electron chi connectivity index (χ4n) is 2.81. The smallest absolute Gasteiger partial charge is 0.251 e. The molecule has 0 N–H and O–H groups in total. The molecule has 1 atom stereocenters. The summed E-state index contributed by atoms with van der Waals surface area (Å²) in [6.07, 6.45) is 2.61. The zero-order valence-corrected chi connectivity index (χ0v) is 9.17. The number of hydrogen-bond donors (Lipinski definition) is 0. The van der Waals surface area contributed by atoms with Gasteiger partial charge in [0.05, 0.1) is 6.54 Å². The number of rotatable bonds is 2. The minimum Gasteiger partial charge on any atom is -0.299 e. The number of piperidine rings is 1. The lowest BCUT2D eigenvalue weighted by molar-refractivity contribution is 0.0748. The van der Waals surface area contributed by atoms with E-state index in [-0.39, 0.29) is 6.54 Å². The molecule has 0 aromatic rings. The Morgan fingerprint density at radius 3 is 2.67 bits per heavy atom. The van der Waals surface area contributed by atoms with Gasteiger partial charge in [0, 0.05) is 12.6 Å². The first-order valence-corrected chi connectivity index (χ1v) is 6.00. The maximum absolute atomic E-state index is 12.3. The SMILES string of the molecule is FC(F)CN1CCCN2CCCCC2C1. The van der Waals surface area contributed by atoms with Crippen molar-refractivity contribution in [2.45, 2.75) is 38.2 Å². The Kier molecular flexibility index (Phi) is 3.92. The average molecular weight is 218 g/mol. The van der Waals surface area contributed by atoms with E-state index in [4.69, 9.17) is 0 Å². The fourth-order valence-corrected chi connectivity index (χ4v) is 2.81. The molecule has 2 nitrogen and oxygen atoms in total. The van der Waals surface area contributed by atoms with Crippen molar-refractivity contribution in [3.05, 3.63) is 0 Å². The summed E-state index contributed by atoms with van der Waals surface area (Å²) in [6, 6.07) is 0.542. The van der Waals surface area contributed by atoms with Crippen molar-refractivity contribution in [2.24, 2.45) is 0 Å². The average Bonchev–Trinajstić information content (AvgIpc) is 2.38. The van der Waals surface area contributed by atoms with Gasteiger partial charge in [-0.05, 0) is 38.9 Å². The molecule has 0 radical (unpaired) electrons. The summed E-state index contributed by atoms with van der Waals surface area (Å²) >= 11 is 0. The van der Waals surface area contributed by atoms with Crippen molar-refractivity contribution in [1.82, 2.24) is 9.80 Å². The van der Waals surface area contributed by atoms with E-state index >= 15 is 0 Å². The van der Waals surface area contributed by atoms with E-state index in [1.165, 1.54) is 25.8 Å². The molecule has 0 aromatic heterocycles. The first kappa shape index (κ1) is 11.3. The van der Waals surface area contributed by atoms with Gasteiger partial charge < -0.3 is 0 Å². The van der Waals surface area contributed by atoms with Crippen molar-refractivity contribution in [1.29, 1.82) is 0 Å². The summed E-state index contributed by atoms with van der Waals surface area (Å²) in [5.74, 6) is 0. The lowest BCUT2D eigenvalue weighted by Gasteiger charge is -2.35. The molecular weight excluding hydrogens is 198 g/mol. The molecule has 15 heavy (non-hydrogen) atoms. The van der Waals surface area contributed by atoms with Crippen molar-refractivity contribution in [2.75, 3.05) is 32.7 Å². The number of hydrogen-bond acceptors (Lipinski definition) is 2. The van der Waals surface area contributed by atoms with E-state index < -0.39 is 6.43 Å². The maximum Gasteiger partial charge on any atom is 0.251 e. The Labute approximate surface area is 90.2 Å². The second kappa shape index (κ2) is 5.21. The zero-order valence-electron chi connectivity index (χ0n) is 9.17. The molecule has 0 aromatic carbocycles. The molecule has 2 aliphatic heterocycles. The Morgan fingerprint density at radius 1 is 1.07 bits per heavy atom. The molecular formula is C11H20F2N2. The summed E-state index contributed by atoms with van der Waals surface area (Å²) in [5, 5.41) is 0. The summed E-state index contributed by atoms with van der Waals surface area (Å²) in [6.45, 7) is 3.93. The summed E-state index contributed by atoms with van der Waals surface area (Å²) < 4.78 is 24.6. The lowest BCUT2D eigenvalue weighted by atomic mass is 10.0. The van der Waals surface area contributed by atoms with Crippen LogP contribution in [0.15, 0.2) is 0 Å². The van der Waals surface area contributed by atoms with Gasteiger partial charge in [0.2, 0.25) is 0 Å². The summed E-state index contributed by atoms with van der Waals surface area (Å²) in [7, 11) is 0. The van der Waals surface area contributed by atoms with Crippen LogP contribution in [0, 0.1) is 0 Å².